The van der Waals surface area contributed by atoms with E-state index in [1.165, 1.54) is 6.08 Å². The first-order valence-electron chi connectivity index (χ1n) is 8.23. The van der Waals surface area contributed by atoms with Gasteiger partial charge in [-0.3, -0.25) is 14.5 Å². The molecule has 1 aromatic heterocycles. The van der Waals surface area contributed by atoms with Crippen LogP contribution in [0.2, 0.25) is 0 Å². The molecular weight excluding hydrogens is 402 g/mol. The van der Waals surface area contributed by atoms with Crippen LogP contribution in [-0.4, -0.2) is 45.3 Å². The second-order valence-electron chi connectivity index (χ2n) is 5.66. The number of furan rings is 1. The summed E-state index contributed by atoms with van der Waals surface area (Å²) in [4.78, 5) is 36.2. The molecule has 9 heteroatoms. The molecule has 1 amide bonds. The molecule has 0 saturated carbocycles. The highest BCUT2D eigenvalue weighted by molar-refractivity contribution is 8.26. The molecule has 0 aliphatic carbocycles. The summed E-state index contributed by atoms with van der Waals surface area (Å²) in [6.45, 7) is 1.57. The minimum absolute atomic E-state index is 0.194. The summed E-state index contributed by atoms with van der Waals surface area (Å²) in [6, 6.07) is 10.2. The molecule has 0 spiro atoms. The van der Waals surface area contributed by atoms with E-state index in [1.54, 1.807) is 43.3 Å². The first-order chi connectivity index (χ1) is 13.4. The highest BCUT2D eigenvalue weighted by Crippen LogP contribution is 2.33. The molecule has 28 heavy (non-hydrogen) atoms. The van der Waals surface area contributed by atoms with Crippen LogP contribution in [0.3, 0.4) is 0 Å². The topological polar surface area (TPSA) is 97.0 Å². The summed E-state index contributed by atoms with van der Waals surface area (Å²) in [6.07, 6.45) is 1.53. The lowest BCUT2D eigenvalue weighted by Crippen LogP contribution is -2.33. The van der Waals surface area contributed by atoms with Gasteiger partial charge in [0.25, 0.3) is 5.91 Å². The zero-order chi connectivity index (χ0) is 20.3. The Balaban J connectivity index is 1.76. The van der Waals surface area contributed by atoms with E-state index in [4.69, 9.17) is 26.5 Å². The number of rotatable bonds is 6. The lowest BCUT2D eigenvalue weighted by molar-refractivity contribution is -0.140. The average Bonchev–Trinajstić information content (AvgIpc) is 3.22. The number of amides is 1. The number of carbonyl (C=O) groups excluding carboxylic acids is 2. The molecule has 0 bridgehead atoms. The van der Waals surface area contributed by atoms with Crippen LogP contribution in [0.25, 0.3) is 17.4 Å². The van der Waals surface area contributed by atoms with E-state index in [2.05, 4.69) is 0 Å². The number of carbonyl (C=O) groups is 3. The number of hydrogen-bond acceptors (Lipinski definition) is 7. The van der Waals surface area contributed by atoms with Gasteiger partial charge >= 0.3 is 11.9 Å². The molecule has 1 N–H and O–H groups in total. The molecule has 2 aromatic rings. The van der Waals surface area contributed by atoms with E-state index >= 15 is 0 Å². The van der Waals surface area contributed by atoms with Crippen LogP contribution in [0.5, 0.6) is 0 Å². The summed E-state index contributed by atoms with van der Waals surface area (Å²) in [5.41, 5.74) is 1.20. The van der Waals surface area contributed by atoms with E-state index < -0.39 is 24.4 Å². The van der Waals surface area contributed by atoms with Gasteiger partial charge in [0.15, 0.2) is 0 Å². The summed E-state index contributed by atoms with van der Waals surface area (Å²) >= 11 is 6.09. The smallest absolute Gasteiger partial charge is 0.338 e. The Morgan fingerprint density at radius 2 is 1.96 bits per heavy atom. The normalized spacial score (nSPS) is 15.3. The number of benzene rings is 1. The van der Waals surface area contributed by atoms with Gasteiger partial charge in [-0.25, -0.2) is 4.79 Å². The summed E-state index contributed by atoms with van der Waals surface area (Å²) in [5.74, 6) is -1.00. The quantitative estimate of drug-likeness (QED) is 0.434. The van der Waals surface area contributed by atoms with E-state index in [-0.39, 0.29) is 4.32 Å². The van der Waals surface area contributed by atoms with Crippen molar-refractivity contribution in [2.45, 2.75) is 6.92 Å². The Morgan fingerprint density at radius 1 is 1.25 bits per heavy atom. The molecule has 7 nitrogen and oxygen atoms in total. The van der Waals surface area contributed by atoms with Gasteiger partial charge in [-0.1, -0.05) is 36.1 Å². The van der Waals surface area contributed by atoms with Crippen molar-refractivity contribution < 1.29 is 28.6 Å². The van der Waals surface area contributed by atoms with Crippen molar-refractivity contribution in [1.29, 1.82) is 0 Å². The molecule has 1 fully saturated rings. The maximum Gasteiger partial charge on any atom is 0.338 e. The van der Waals surface area contributed by atoms with E-state index in [0.29, 0.717) is 28.6 Å². The van der Waals surface area contributed by atoms with Gasteiger partial charge in [0.05, 0.1) is 17.1 Å². The molecule has 1 aliphatic heterocycles. The van der Waals surface area contributed by atoms with Gasteiger partial charge in [-0.15, -0.1) is 0 Å². The van der Waals surface area contributed by atoms with E-state index in [1.807, 2.05) is 0 Å². The van der Waals surface area contributed by atoms with E-state index in [0.717, 1.165) is 22.2 Å². The van der Waals surface area contributed by atoms with Crippen LogP contribution in [0.1, 0.15) is 23.0 Å². The van der Waals surface area contributed by atoms with E-state index in [9.17, 15) is 14.4 Å². The number of carboxylic acids is 1. The average molecular weight is 417 g/mol. The molecule has 2 heterocycles. The number of ether oxygens (including phenoxy) is 1. The highest BCUT2D eigenvalue weighted by atomic mass is 32.2. The summed E-state index contributed by atoms with van der Waals surface area (Å²) < 4.78 is 10.9. The minimum Gasteiger partial charge on any atom is -0.480 e. The molecule has 0 atom stereocenters. The molecule has 0 radical (unpaired) electrons. The third-order valence-electron chi connectivity index (χ3n) is 3.75. The zero-order valence-corrected chi connectivity index (χ0v) is 16.3. The maximum absolute atomic E-state index is 12.3. The lowest BCUT2D eigenvalue weighted by atomic mass is 10.1. The third-order valence-corrected chi connectivity index (χ3v) is 5.13. The fourth-order valence-electron chi connectivity index (χ4n) is 2.47. The van der Waals surface area contributed by atoms with Crippen LogP contribution < -0.4 is 0 Å². The van der Waals surface area contributed by atoms with Crippen molar-refractivity contribution in [2.75, 3.05) is 13.2 Å². The van der Waals surface area contributed by atoms with Crippen LogP contribution >= 0.6 is 24.0 Å². The Hall–Kier alpha value is -2.91. The van der Waals surface area contributed by atoms with Crippen molar-refractivity contribution in [3.8, 4) is 11.3 Å². The van der Waals surface area contributed by atoms with Gasteiger partial charge in [-0.2, -0.15) is 0 Å². The molecule has 1 saturated heterocycles. The zero-order valence-electron chi connectivity index (χ0n) is 14.7. The number of thioether (sulfide) groups is 1. The van der Waals surface area contributed by atoms with Gasteiger partial charge in [0.1, 0.15) is 22.4 Å². The van der Waals surface area contributed by atoms with Crippen molar-refractivity contribution in [3.63, 3.8) is 0 Å². The standard InChI is InChI=1S/C19H15NO6S2/c1-2-25-18(24)12-5-3-11(4-6-12)14-8-7-13(26-14)9-15-17(23)20(10-16(21)22)19(27)28-15/h3-9H,2,10H2,1H3,(H,21,22)/b15-9-. The number of carboxylic acid groups (broad SMARTS) is 1. The highest BCUT2D eigenvalue weighted by Gasteiger charge is 2.33. The molecule has 0 unspecified atom stereocenters. The second-order valence-corrected chi connectivity index (χ2v) is 7.34. The van der Waals surface area contributed by atoms with Gasteiger partial charge in [0.2, 0.25) is 0 Å². The van der Waals surface area contributed by atoms with Crippen LogP contribution in [0.4, 0.5) is 0 Å². The predicted molar refractivity (Wildman–Crippen MR) is 108 cm³/mol. The van der Waals surface area contributed by atoms with Crippen LogP contribution in [0.15, 0.2) is 45.7 Å². The number of aliphatic carboxylic acids is 1. The number of thiocarbonyl (C=S) groups is 1. The Bertz CT molecular complexity index is 977. The lowest BCUT2D eigenvalue weighted by Gasteiger charge is -2.09. The summed E-state index contributed by atoms with van der Waals surface area (Å²) in [5, 5.41) is 8.87. The third kappa shape index (κ3) is 4.32. The molecule has 3 rings (SSSR count). The maximum atomic E-state index is 12.3. The van der Waals surface area contributed by atoms with Crippen LogP contribution in [0, 0.1) is 0 Å². The Morgan fingerprint density at radius 3 is 2.61 bits per heavy atom. The first-order valence-corrected chi connectivity index (χ1v) is 9.46. The van der Waals surface area contributed by atoms with Crippen molar-refractivity contribution in [1.82, 2.24) is 4.90 Å². The molecular formula is C19H15NO6S2. The number of hydrogen-bond donors (Lipinski definition) is 1. The first kappa shape index (κ1) is 19.8. The van der Waals surface area contributed by atoms with Crippen LogP contribution in [-0.2, 0) is 14.3 Å². The molecule has 144 valence electrons. The molecule has 1 aromatic carbocycles. The largest absolute Gasteiger partial charge is 0.480 e. The Kier molecular flexibility index (Phi) is 5.96. The van der Waals surface area contributed by atoms with Gasteiger partial charge < -0.3 is 14.3 Å². The van der Waals surface area contributed by atoms with Crippen molar-refractivity contribution in [2.24, 2.45) is 0 Å². The summed E-state index contributed by atoms with van der Waals surface area (Å²) in [7, 11) is 0. The number of nitrogens with zero attached hydrogens (tertiary/aromatic N) is 1. The number of esters is 1. The fourth-order valence-corrected chi connectivity index (χ4v) is 3.71. The SMILES string of the molecule is CCOC(=O)c1ccc(-c2ccc(/C=C3\SC(=S)N(CC(=O)O)C3=O)o2)cc1. The minimum atomic E-state index is -1.14. The second kappa shape index (κ2) is 8.41. The van der Waals surface area contributed by atoms with Crippen molar-refractivity contribution in [3.05, 3.63) is 52.6 Å². The fraction of sp³-hybridized carbons (Fsp3) is 0.158. The van der Waals surface area contributed by atoms with Crippen molar-refractivity contribution >= 4 is 52.2 Å². The predicted octanol–water partition coefficient (Wildman–Crippen LogP) is 3.41. The monoisotopic (exact) mass is 417 g/mol. The molecule has 1 aliphatic rings. The Labute approximate surface area is 170 Å². The van der Waals surface area contributed by atoms with Gasteiger partial charge in [-0.05, 0) is 31.2 Å². The van der Waals surface area contributed by atoms with Gasteiger partial charge in [0, 0.05) is 11.6 Å².